The van der Waals surface area contributed by atoms with Gasteiger partial charge in [-0.2, -0.15) is 0 Å². The minimum atomic E-state index is -2.17. The van der Waals surface area contributed by atoms with Gasteiger partial charge in [0, 0.05) is 18.3 Å². The highest BCUT2D eigenvalue weighted by Gasteiger charge is 2.41. The molecular formula is C37H46N4O3Si. The molecule has 45 heavy (non-hydrogen) atoms. The summed E-state index contributed by atoms with van der Waals surface area (Å²) < 4.78 is 22.4. The number of nitrogens with zero attached hydrogens (tertiary/aromatic N) is 3. The average Bonchev–Trinajstić information content (AvgIpc) is 3.41. The lowest BCUT2D eigenvalue weighted by Crippen LogP contribution is -2.49. The molecule has 5 aromatic rings. The van der Waals surface area contributed by atoms with Crippen molar-refractivity contribution < 1.29 is 13.9 Å². The smallest absolute Gasteiger partial charge is 0.192 e. The molecule has 8 heteroatoms. The van der Waals surface area contributed by atoms with E-state index in [1.54, 1.807) is 0 Å². The summed E-state index contributed by atoms with van der Waals surface area (Å²) in [5.41, 5.74) is 11.6. The molecule has 0 aliphatic carbocycles. The molecule has 236 valence electrons. The molecule has 0 aliphatic heterocycles. The van der Waals surface area contributed by atoms with E-state index in [2.05, 4.69) is 91.0 Å². The Bertz CT molecular complexity index is 1640. The molecule has 0 spiro atoms. The fourth-order valence-electron chi connectivity index (χ4n) is 5.21. The van der Waals surface area contributed by atoms with Gasteiger partial charge in [-0.15, -0.1) is 0 Å². The molecule has 5 rings (SSSR count). The molecule has 0 aliphatic rings. The zero-order valence-electron chi connectivity index (χ0n) is 27.1. The number of nitrogens with two attached hydrogens (primary N) is 1. The number of aromatic nitrogens is 3. The van der Waals surface area contributed by atoms with Gasteiger partial charge in [0.1, 0.15) is 17.8 Å². The zero-order chi connectivity index (χ0) is 31.9. The van der Waals surface area contributed by atoms with Gasteiger partial charge < -0.3 is 24.2 Å². The van der Waals surface area contributed by atoms with Gasteiger partial charge in [-0.1, -0.05) is 112 Å². The number of hydrogen-bond donors (Lipinski definition) is 1. The van der Waals surface area contributed by atoms with E-state index in [9.17, 15) is 0 Å². The molecule has 0 amide bonds. The summed E-state index contributed by atoms with van der Waals surface area (Å²) in [6.45, 7) is 13.5. The Balaban J connectivity index is 1.45. The number of benzene rings is 3. The Hall–Kier alpha value is -3.82. The van der Waals surface area contributed by atoms with E-state index in [0.717, 1.165) is 33.3 Å². The lowest BCUT2D eigenvalue weighted by molar-refractivity contribution is -0.0788. The first kappa shape index (κ1) is 32.6. The predicted octanol–water partition coefficient (Wildman–Crippen LogP) is 8.26. The van der Waals surface area contributed by atoms with Crippen LogP contribution in [0.5, 0.6) is 0 Å². The SMILES string of the molecule is CC(C)(C)[Si](C)(C)OC(COCc1ccccc1)C(CCn1cc(-c2ccccc2)c2c(N)ncnc21)OCc1ccccc1. The molecule has 2 N–H and O–H groups in total. The molecule has 0 bridgehead atoms. The number of fused-ring (bicyclic) bond motifs is 1. The first-order chi connectivity index (χ1) is 21.6. The summed E-state index contributed by atoms with van der Waals surface area (Å²) >= 11 is 0. The van der Waals surface area contributed by atoms with Gasteiger partial charge in [0.05, 0.1) is 37.4 Å². The number of anilines is 1. The molecule has 2 atom stereocenters. The van der Waals surface area contributed by atoms with Gasteiger partial charge >= 0.3 is 0 Å². The molecule has 0 saturated carbocycles. The van der Waals surface area contributed by atoms with Crippen molar-refractivity contribution >= 4 is 25.2 Å². The highest BCUT2D eigenvalue weighted by atomic mass is 28.4. The van der Waals surface area contributed by atoms with Crippen LogP contribution in [0.2, 0.25) is 18.1 Å². The van der Waals surface area contributed by atoms with Crippen molar-refractivity contribution in [3.8, 4) is 11.1 Å². The van der Waals surface area contributed by atoms with Crippen molar-refractivity contribution in [2.45, 2.75) is 77.3 Å². The third-order valence-corrected chi connectivity index (χ3v) is 13.3. The monoisotopic (exact) mass is 622 g/mol. The molecule has 0 radical (unpaired) electrons. The summed E-state index contributed by atoms with van der Waals surface area (Å²) in [6, 6.07) is 30.8. The van der Waals surface area contributed by atoms with Crippen LogP contribution in [0.25, 0.3) is 22.2 Å². The van der Waals surface area contributed by atoms with Gasteiger partial charge in [0.15, 0.2) is 8.32 Å². The second-order valence-electron chi connectivity index (χ2n) is 13.1. The number of hydrogen-bond acceptors (Lipinski definition) is 6. The van der Waals surface area contributed by atoms with Crippen molar-refractivity contribution in [2.24, 2.45) is 0 Å². The Kier molecular flexibility index (Phi) is 10.5. The topological polar surface area (TPSA) is 84.4 Å². The number of nitrogen functional groups attached to an aromatic ring is 1. The van der Waals surface area contributed by atoms with Crippen LogP contribution in [0, 0.1) is 0 Å². The highest BCUT2D eigenvalue weighted by molar-refractivity contribution is 6.74. The highest BCUT2D eigenvalue weighted by Crippen LogP contribution is 2.38. The van der Waals surface area contributed by atoms with Crippen LogP contribution in [0.4, 0.5) is 5.82 Å². The molecule has 2 heterocycles. The lowest BCUT2D eigenvalue weighted by Gasteiger charge is -2.41. The quantitative estimate of drug-likeness (QED) is 0.126. The molecule has 7 nitrogen and oxygen atoms in total. The lowest BCUT2D eigenvalue weighted by atomic mass is 10.1. The Morgan fingerprint density at radius 1 is 0.800 bits per heavy atom. The van der Waals surface area contributed by atoms with Crippen molar-refractivity contribution in [3.05, 3.63) is 115 Å². The van der Waals surface area contributed by atoms with E-state index >= 15 is 0 Å². The Morgan fingerprint density at radius 2 is 1.40 bits per heavy atom. The van der Waals surface area contributed by atoms with Crippen LogP contribution >= 0.6 is 0 Å². The van der Waals surface area contributed by atoms with E-state index in [1.165, 1.54) is 6.33 Å². The predicted molar refractivity (Wildman–Crippen MR) is 185 cm³/mol. The number of rotatable bonds is 14. The van der Waals surface area contributed by atoms with Crippen molar-refractivity contribution in [3.63, 3.8) is 0 Å². The first-order valence-electron chi connectivity index (χ1n) is 15.7. The van der Waals surface area contributed by atoms with Crippen LogP contribution in [0.1, 0.15) is 38.3 Å². The van der Waals surface area contributed by atoms with Crippen molar-refractivity contribution in [1.29, 1.82) is 0 Å². The van der Waals surface area contributed by atoms with Gasteiger partial charge in [0.25, 0.3) is 0 Å². The summed E-state index contributed by atoms with van der Waals surface area (Å²) in [5.74, 6) is 0.475. The summed E-state index contributed by atoms with van der Waals surface area (Å²) in [4.78, 5) is 8.97. The van der Waals surface area contributed by atoms with Gasteiger partial charge in [-0.05, 0) is 41.2 Å². The fourth-order valence-corrected chi connectivity index (χ4v) is 6.54. The van der Waals surface area contributed by atoms with Crippen molar-refractivity contribution in [1.82, 2.24) is 14.5 Å². The molecular weight excluding hydrogens is 577 g/mol. The molecule has 3 aromatic carbocycles. The summed E-state index contributed by atoms with van der Waals surface area (Å²) in [5, 5.41) is 0.898. The Morgan fingerprint density at radius 3 is 2.02 bits per heavy atom. The van der Waals surface area contributed by atoms with Gasteiger partial charge in [-0.3, -0.25) is 0 Å². The maximum absolute atomic E-state index is 7.09. The van der Waals surface area contributed by atoms with Gasteiger partial charge in [0.2, 0.25) is 0 Å². The van der Waals surface area contributed by atoms with Crippen LogP contribution in [-0.4, -0.2) is 41.7 Å². The fraction of sp³-hybridized carbons (Fsp3) is 0.351. The normalized spacial score (nSPS) is 13.6. The van der Waals surface area contributed by atoms with Crippen LogP contribution in [0.3, 0.4) is 0 Å². The molecule has 2 aromatic heterocycles. The minimum absolute atomic E-state index is 0.0321. The largest absolute Gasteiger partial charge is 0.409 e. The Labute approximate surface area is 268 Å². The van der Waals surface area contributed by atoms with Crippen molar-refractivity contribution in [2.75, 3.05) is 12.3 Å². The van der Waals surface area contributed by atoms with Crippen LogP contribution < -0.4 is 5.73 Å². The van der Waals surface area contributed by atoms with Crippen LogP contribution in [0.15, 0.2) is 104 Å². The van der Waals surface area contributed by atoms with E-state index in [1.807, 2.05) is 54.6 Å². The average molecular weight is 623 g/mol. The number of aryl methyl sites for hydroxylation is 1. The standard InChI is InChI=1S/C37H46N4O3Si/c1-37(2,3)45(4,5)44-33(26-42-24-28-15-9-6-10-16-28)32(43-25-29-17-11-7-12-18-29)21-22-41-23-31(30-19-13-8-14-20-30)34-35(38)39-27-40-36(34)41/h6-20,23,27,32-33H,21-22,24-26H2,1-5H3,(H2,38,39,40). The summed E-state index contributed by atoms with van der Waals surface area (Å²) in [6.07, 6.45) is 3.88. The maximum atomic E-state index is 7.09. The number of ether oxygens (including phenoxy) is 2. The molecule has 2 unspecified atom stereocenters. The van der Waals surface area contributed by atoms with Crippen LogP contribution in [-0.2, 0) is 33.7 Å². The second kappa shape index (κ2) is 14.5. The maximum Gasteiger partial charge on any atom is 0.192 e. The van der Waals surface area contributed by atoms with E-state index in [4.69, 9.17) is 19.6 Å². The summed E-state index contributed by atoms with van der Waals surface area (Å²) in [7, 11) is -2.17. The van der Waals surface area contributed by atoms with E-state index in [-0.39, 0.29) is 17.2 Å². The first-order valence-corrected chi connectivity index (χ1v) is 18.6. The third kappa shape index (κ3) is 8.26. The third-order valence-electron chi connectivity index (χ3n) is 8.79. The molecule has 0 saturated heterocycles. The molecule has 0 fully saturated rings. The van der Waals surface area contributed by atoms with Gasteiger partial charge in [-0.25, -0.2) is 9.97 Å². The zero-order valence-corrected chi connectivity index (χ0v) is 28.1. The van der Waals surface area contributed by atoms with E-state index < -0.39 is 8.32 Å². The van der Waals surface area contributed by atoms with E-state index in [0.29, 0.717) is 38.6 Å². The second-order valence-corrected chi connectivity index (χ2v) is 17.9. The minimum Gasteiger partial charge on any atom is -0.409 e.